The Bertz CT molecular complexity index is 1440. The fraction of sp³-hybridized carbons (Fsp3) is 0.267. The van der Waals surface area contributed by atoms with Crippen LogP contribution in [0.1, 0.15) is 23.1 Å². The molecule has 2 heterocycles. The first kappa shape index (κ1) is 26.8. The number of methoxy groups -OCH3 is 2. The summed E-state index contributed by atoms with van der Waals surface area (Å²) in [6, 6.07) is 29.3. The quantitative estimate of drug-likeness (QED) is 0.228. The summed E-state index contributed by atoms with van der Waals surface area (Å²) < 4.78 is 19.7. The molecule has 3 atom stereocenters. The van der Waals surface area contributed by atoms with E-state index in [1.807, 2.05) is 91.0 Å². The maximum Gasteiger partial charge on any atom is 0.298 e. The Morgan fingerprint density at radius 1 is 0.949 bits per heavy atom. The second-order valence-corrected chi connectivity index (χ2v) is 9.77. The number of nitrogens with one attached hydrogen (secondary N) is 1. The summed E-state index contributed by atoms with van der Waals surface area (Å²) >= 11 is 5.79. The summed E-state index contributed by atoms with van der Waals surface area (Å²) in [4.78, 5) is 15.6. The van der Waals surface area contributed by atoms with Crippen molar-refractivity contribution >= 4 is 12.2 Å². The van der Waals surface area contributed by atoms with E-state index in [4.69, 9.17) is 26.4 Å². The summed E-state index contributed by atoms with van der Waals surface area (Å²) in [7, 11) is 2.78. The molecular formula is C30H30N2O6S. The van der Waals surface area contributed by atoms with E-state index in [2.05, 4.69) is 4.98 Å². The highest BCUT2D eigenvalue weighted by atomic mass is 32.1. The average molecular weight is 547 g/mol. The summed E-state index contributed by atoms with van der Waals surface area (Å²) in [5.41, 5.74) is -0.778. The van der Waals surface area contributed by atoms with Gasteiger partial charge in [0.15, 0.2) is 10.5 Å². The monoisotopic (exact) mass is 546 g/mol. The summed E-state index contributed by atoms with van der Waals surface area (Å²) in [6.45, 7) is -0.437. The fourth-order valence-corrected chi connectivity index (χ4v) is 6.26. The van der Waals surface area contributed by atoms with Crippen LogP contribution in [-0.2, 0) is 15.9 Å². The summed E-state index contributed by atoms with van der Waals surface area (Å²) in [5, 5.41) is 21.6. The molecule has 0 amide bonds. The third-order valence-corrected chi connectivity index (χ3v) is 7.72. The molecule has 4 aromatic rings. The standard InChI is InChI=1S/C30H30N2O6S/c1-36-25-26(35)31-28(39)32(27(25)37-2)29(18-23(34)24(19-33)38-29)30(20-12-6-3-7-13-20,21-14-8-4-9-15-21)22-16-10-5-11-17-22/h3-17,23-24,33-34H,18-19H2,1-2H3,(H,31,35,39)/t23-,24+,29-/m0/s1. The maximum absolute atomic E-state index is 12.9. The molecule has 39 heavy (non-hydrogen) atoms. The Morgan fingerprint density at radius 3 is 1.82 bits per heavy atom. The Kier molecular flexibility index (Phi) is 7.42. The minimum atomic E-state index is -1.55. The molecule has 3 aromatic carbocycles. The SMILES string of the molecule is COc1c(OC)n([C@@]2(C(c3ccccc3)(c3ccccc3)c3ccccc3)C[C@H](O)[C@@H](CO)O2)c(=S)[nH]c1=O. The number of ether oxygens (including phenoxy) is 3. The van der Waals surface area contributed by atoms with Gasteiger partial charge in [0.2, 0.25) is 11.6 Å². The predicted octanol–water partition coefficient (Wildman–Crippen LogP) is 3.75. The first-order chi connectivity index (χ1) is 18.9. The Balaban J connectivity index is 2.06. The molecule has 1 saturated heterocycles. The van der Waals surface area contributed by atoms with Crippen LogP contribution >= 0.6 is 12.2 Å². The lowest BCUT2D eigenvalue weighted by atomic mass is 9.61. The van der Waals surface area contributed by atoms with Crippen LogP contribution < -0.4 is 15.0 Å². The van der Waals surface area contributed by atoms with Crippen molar-refractivity contribution in [1.82, 2.24) is 9.55 Å². The van der Waals surface area contributed by atoms with E-state index in [9.17, 15) is 15.0 Å². The van der Waals surface area contributed by atoms with E-state index in [0.717, 1.165) is 16.7 Å². The van der Waals surface area contributed by atoms with Gasteiger partial charge in [0.1, 0.15) is 6.10 Å². The first-order valence-electron chi connectivity index (χ1n) is 12.6. The van der Waals surface area contributed by atoms with E-state index < -0.39 is 35.5 Å². The highest BCUT2D eigenvalue weighted by molar-refractivity contribution is 7.71. The second kappa shape index (κ2) is 10.8. The molecule has 3 N–H and O–H groups in total. The molecule has 0 bridgehead atoms. The van der Waals surface area contributed by atoms with Crippen LogP contribution in [0, 0.1) is 4.77 Å². The average Bonchev–Trinajstić information content (AvgIpc) is 3.31. The van der Waals surface area contributed by atoms with Crippen molar-refractivity contribution in [2.24, 2.45) is 0 Å². The number of hydrogen-bond acceptors (Lipinski definition) is 7. The van der Waals surface area contributed by atoms with Gasteiger partial charge < -0.3 is 24.4 Å². The number of hydrogen-bond donors (Lipinski definition) is 3. The van der Waals surface area contributed by atoms with Crippen LogP contribution in [0.2, 0.25) is 0 Å². The zero-order chi connectivity index (χ0) is 27.6. The molecule has 1 aliphatic heterocycles. The highest BCUT2D eigenvalue weighted by Crippen LogP contribution is 2.58. The van der Waals surface area contributed by atoms with Crippen LogP contribution in [-0.4, -0.2) is 52.8 Å². The molecular weight excluding hydrogens is 516 g/mol. The number of benzene rings is 3. The molecule has 8 nitrogen and oxygen atoms in total. The molecule has 0 saturated carbocycles. The van der Waals surface area contributed by atoms with E-state index in [0.29, 0.717) is 0 Å². The number of H-pyrrole nitrogens is 1. The molecule has 1 aliphatic rings. The van der Waals surface area contributed by atoms with Gasteiger partial charge in [-0.05, 0) is 28.9 Å². The smallest absolute Gasteiger partial charge is 0.298 e. The van der Waals surface area contributed by atoms with Crippen molar-refractivity contribution in [2.75, 3.05) is 20.8 Å². The third kappa shape index (κ3) is 4.09. The van der Waals surface area contributed by atoms with Crippen molar-refractivity contribution in [1.29, 1.82) is 0 Å². The lowest BCUT2D eigenvalue weighted by Gasteiger charge is -2.50. The van der Waals surface area contributed by atoms with Crippen LogP contribution in [0.5, 0.6) is 11.6 Å². The van der Waals surface area contributed by atoms with Gasteiger partial charge in [-0.1, -0.05) is 91.0 Å². The molecule has 0 spiro atoms. The molecule has 0 aliphatic carbocycles. The summed E-state index contributed by atoms with van der Waals surface area (Å²) in [6.07, 6.45) is -2.03. The third-order valence-electron chi connectivity index (χ3n) is 7.43. The molecule has 0 unspecified atom stereocenters. The lowest BCUT2D eigenvalue weighted by Crippen LogP contribution is -2.56. The maximum atomic E-state index is 12.9. The number of aromatic nitrogens is 2. The van der Waals surface area contributed by atoms with E-state index in [1.54, 1.807) is 4.57 Å². The topological polar surface area (TPSA) is 106 Å². The number of aliphatic hydroxyl groups excluding tert-OH is 2. The molecule has 0 radical (unpaired) electrons. The summed E-state index contributed by atoms with van der Waals surface area (Å²) in [5.74, 6) is -0.0664. The second-order valence-electron chi connectivity index (χ2n) is 9.38. The fourth-order valence-electron chi connectivity index (χ4n) is 5.94. The number of rotatable bonds is 8. The normalized spacial score (nSPS) is 21.0. The molecule has 1 aromatic heterocycles. The highest BCUT2D eigenvalue weighted by Gasteiger charge is 2.64. The van der Waals surface area contributed by atoms with Crippen molar-refractivity contribution in [2.45, 2.75) is 29.8 Å². The van der Waals surface area contributed by atoms with E-state index >= 15 is 0 Å². The minimum absolute atomic E-state index is 0.00320. The van der Waals surface area contributed by atoms with Gasteiger partial charge in [-0.15, -0.1) is 0 Å². The van der Waals surface area contributed by atoms with Gasteiger partial charge in [0.25, 0.3) is 5.56 Å². The van der Waals surface area contributed by atoms with E-state index in [-0.39, 0.29) is 22.8 Å². The zero-order valence-corrected chi connectivity index (χ0v) is 22.4. The molecule has 9 heteroatoms. The van der Waals surface area contributed by atoms with Crippen molar-refractivity contribution < 1.29 is 24.4 Å². The van der Waals surface area contributed by atoms with Crippen LogP contribution in [0.25, 0.3) is 0 Å². The lowest BCUT2D eigenvalue weighted by molar-refractivity contribution is -0.149. The predicted molar refractivity (Wildman–Crippen MR) is 149 cm³/mol. The van der Waals surface area contributed by atoms with Gasteiger partial charge in [-0.25, -0.2) is 0 Å². The Hall–Kier alpha value is -3.76. The van der Waals surface area contributed by atoms with Crippen molar-refractivity contribution in [3.63, 3.8) is 0 Å². The first-order valence-corrected chi connectivity index (χ1v) is 13.0. The number of aromatic amines is 1. The number of aliphatic hydroxyl groups is 2. The van der Waals surface area contributed by atoms with Gasteiger partial charge >= 0.3 is 0 Å². The van der Waals surface area contributed by atoms with Crippen LogP contribution in [0.15, 0.2) is 95.8 Å². The van der Waals surface area contributed by atoms with Gasteiger partial charge in [0.05, 0.1) is 32.3 Å². The van der Waals surface area contributed by atoms with Gasteiger partial charge in [0, 0.05) is 6.42 Å². The number of nitrogens with zero attached hydrogens (tertiary/aromatic N) is 1. The van der Waals surface area contributed by atoms with E-state index in [1.165, 1.54) is 14.2 Å². The molecule has 202 valence electrons. The van der Waals surface area contributed by atoms with Gasteiger partial charge in [-0.3, -0.25) is 14.3 Å². The van der Waals surface area contributed by atoms with Crippen LogP contribution in [0.4, 0.5) is 0 Å². The zero-order valence-electron chi connectivity index (χ0n) is 21.6. The Morgan fingerprint density at radius 2 is 1.44 bits per heavy atom. The van der Waals surface area contributed by atoms with Gasteiger partial charge in [-0.2, -0.15) is 0 Å². The largest absolute Gasteiger partial charge is 0.487 e. The van der Waals surface area contributed by atoms with Crippen molar-refractivity contribution in [3.05, 3.63) is 123 Å². The molecule has 5 rings (SSSR count). The van der Waals surface area contributed by atoms with Crippen molar-refractivity contribution in [3.8, 4) is 11.6 Å². The molecule has 1 fully saturated rings. The Labute approximate surface area is 231 Å². The van der Waals surface area contributed by atoms with Crippen LogP contribution in [0.3, 0.4) is 0 Å². The minimum Gasteiger partial charge on any atom is -0.487 e.